The smallest absolute Gasteiger partial charge is 0.340 e. The number of carboxylic acids is 1. The van der Waals surface area contributed by atoms with Gasteiger partial charge in [0.15, 0.2) is 5.60 Å². The number of aryl methyl sites for hydroxylation is 2. The number of rotatable bonds is 5. The Morgan fingerprint density at radius 2 is 2.28 bits per heavy atom. The number of aliphatic hydroxyl groups excluding tert-OH is 1. The molecule has 0 amide bonds. The Bertz CT molecular complexity index is 455. The number of aliphatic carboxylic acids is 1. The highest BCUT2D eigenvalue weighted by Gasteiger charge is 2.46. The summed E-state index contributed by atoms with van der Waals surface area (Å²) in [5, 5.41) is 18.3. The molecule has 4 nitrogen and oxygen atoms in total. The molecule has 2 N–H and O–H groups in total. The van der Waals surface area contributed by atoms with Crippen LogP contribution in [0, 0.1) is 6.92 Å². The molecule has 0 aliphatic heterocycles. The lowest BCUT2D eigenvalue weighted by Gasteiger charge is -2.26. The van der Waals surface area contributed by atoms with Crippen LogP contribution in [0.3, 0.4) is 0 Å². The molecule has 0 bridgehead atoms. The van der Waals surface area contributed by atoms with Crippen molar-refractivity contribution in [1.82, 2.24) is 0 Å². The third kappa shape index (κ3) is 2.13. The first-order valence-electron chi connectivity index (χ1n) is 6.18. The number of hydrogen-bond donors (Lipinski definition) is 2. The van der Waals surface area contributed by atoms with Crippen molar-refractivity contribution in [3.05, 3.63) is 34.9 Å². The van der Waals surface area contributed by atoms with E-state index in [2.05, 4.69) is 0 Å². The van der Waals surface area contributed by atoms with Gasteiger partial charge in [-0.15, -0.1) is 0 Å². The Kier molecular flexibility index (Phi) is 3.68. The van der Waals surface area contributed by atoms with Gasteiger partial charge in [-0.25, -0.2) is 4.79 Å². The van der Waals surface area contributed by atoms with E-state index in [1.165, 1.54) is 0 Å². The zero-order valence-corrected chi connectivity index (χ0v) is 10.5. The van der Waals surface area contributed by atoms with Gasteiger partial charge in [-0.2, -0.15) is 0 Å². The van der Waals surface area contributed by atoms with E-state index < -0.39 is 11.6 Å². The summed E-state index contributed by atoms with van der Waals surface area (Å²) in [6, 6.07) is 5.87. The standard InChI is InChI=1S/C14H18O4/c1-10-3-4-11-5-6-14(13(16)17,12(11)9-10)18-8-2-7-15/h3-4,9,15H,2,5-8H2,1H3,(H,16,17). The van der Waals surface area contributed by atoms with Crippen LogP contribution in [0.25, 0.3) is 0 Å². The zero-order chi connectivity index (χ0) is 13.2. The quantitative estimate of drug-likeness (QED) is 0.779. The third-order valence-electron chi connectivity index (χ3n) is 3.44. The molecular weight excluding hydrogens is 232 g/mol. The maximum Gasteiger partial charge on any atom is 0.340 e. The Morgan fingerprint density at radius 3 is 2.94 bits per heavy atom. The van der Waals surface area contributed by atoms with Crippen LogP contribution in [0.15, 0.2) is 18.2 Å². The van der Waals surface area contributed by atoms with Gasteiger partial charge in [0.05, 0.1) is 6.61 Å². The van der Waals surface area contributed by atoms with E-state index >= 15 is 0 Å². The van der Waals surface area contributed by atoms with Crippen LogP contribution >= 0.6 is 0 Å². The van der Waals surface area contributed by atoms with E-state index in [0.717, 1.165) is 23.1 Å². The molecule has 0 saturated heterocycles. The first-order chi connectivity index (χ1) is 8.60. The summed E-state index contributed by atoms with van der Waals surface area (Å²) in [6.45, 7) is 2.21. The molecule has 1 aromatic carbocycles. The molecule has 0 aromatic heterocycles. The molecule has 1 unspecified atom stereocenters. The highest BCUT2D eigenvalue weighted by Crippen LogP contribution is 2.40. The Balaban J connectivity index is 2.34. The monoisotopic (exact) mass is 250 g/mol. The molecule has 1 atom stereocenters. The first-order valence-corrected chi connectivity index (χ1v) is 6.18. The second kappa shape index (κ2) is 5.08. The summed E-state index contributed by atoms with van der Waals surface area (Å²) in [7, 11) is 0. The highest BCUT2D eigenvalue weighted by molar-refractivity contribution is 5.81. The van der Waals surface area contributed by atoms with E-state index in [1.54, 1.807) is 0 Å². The summed E-state index contributed by atoms with van der Waals surface area (Å²) in [5.41, 5.74) is 1.63. The number of carboxylic acid groups (broad SMARTS) is 1. The van der Waals surface area contributed by atoms with E-state index in [-0.39, 0.29) is 13.2 Å². The molecule has 98 valence electrons. The van der Waals surface area contributed by atoms with E-state index in [4.69, 9.17) is 9.84 Å². The van der Waals surface area contributed by atoms with Gasteiger partial charge >= 0.3 is 5.97 Å². The fourth-order valence-corrected chi connectivity index (χ4v) is 2.47. The van der Waals surface area contributed by atoms with Gasteiger partial charge in [0, 0.05) is 6.61 Å². The van der Waals surface area contributed by atoms with Gasteiger partial charge in [-0.1, -0.05) is 23.8 Å². The summed E-state index contributed by atoms with van der Waals surface area (Å²) >= 11 is 0. The predicted molar refractivity (Wildman–Crippen MR) is 66.5 cm³/mol. The van der Waals surface area contributed by atoms with Crippen molar-refractivity contribution in [2.75, 3.05) is 13.2 Å². The molecule has 2 rings (SSSR count). The molecular formula is C14H18O4. The molecule has 0 heterocycles. The van der Waals surface area contributed by atoms with E-state index in [9.17, 15) is 9.90 Å². The van der Waals surface area contributed by atoms with Crippen molar-refractivity contribution in [1.29, 1.82) is 0 Å². The lowest BCUT2D eigenvalue weighted by molar-refractivity contribution is -0.168. The third-order valence-corrected chi connectivity index (χ3v) is 3.44. The highest BCUT2D eigenvalue weighted by atomic mass is 16.5. The maximum absolute atomic E-state index is 11.6. The number of hydrogen-bond acceptors (Lipinski definition) is 3. The predicted octanol–water partition coefficient (Wildman–Crippen LogP) is 1.62. The van der Waals surface area contributed by atoms with Crippen molar-refractivity contribution in [3.8, 4) is 0 Å². The average molecular weight is 250 g/mol. The van der Waals surface area contributed by atoms with Crippen LogP contribution < -0.4 is 0 Å². The maximum atomic E-state index is 11.6. The minimum Gasteiger partial charge on any atom is -0.479 e. The van der Waals surface area contributed by atoms with Crippen molar-refractivity contribution in [2.24, 2.45) is 0 Å². The van der Waals surface area contributed by atoms with E-state index in [0.29, 0.717) is 12.8 Å². The molecule has 1 aromatic rings. The minimum atomic E-state index is -1.23. The normalized spacial score (nSPS) is 21.9. The molecule has 4 heteroatoms. The molecule has 0 fully saturated rings. The molecule has 18 heavy (non-hydrogen) atoms. The largest absolute Gasteiger partial charge is 0.479 e. The SMILES string of the molecule is Cc1ccc2c(c1)C(OCCCO)(C(=O)O)CC2. The Labute approximate surface area is 106 Å². The summed E-state index contributed by atoms with van der Waals surface area (Å²) in [6.07, 6.45) is 1.64. The lowest BCUT2D eigenvalue weighted by Crippen LogP contribution is -2.37. The van der Waals surface area contributed by atoms with Crippen molar-refractivity contribution in [3.63, 3.8) is 0 Å². The molecule has 0 spiro atoms. The average Bonchev–Trinajstić information content (AvgIpc) is 2.69. The Hall–Kier alpha value is -1.39. The molecule has 1 aliphatic rings. The second-order valence-electron chi connectivity index (χ2n) is 4.72. The van der Waals surface area contributed by atoms with Crippen LogP contribution in [0.1, 0.15) is 29.5 Å². The van der Waals surface area contributed by atoms with Gasteiger partial charge in [0.2, 0.25) is 0 Å². The van der Waals surface area contributed by atoms with E-state index in [1.807, 2.05) is 25.1 Å². The van der Waals surface area contributed by atoms with Gasteiger partial charge in [0.1, 0.15) is 0 Å². The topological polar surface area (TPSA) is 66.8 Å². The van der Waals surface area contributed by atoms with Crippen molar-refractivity contribution < 1.29 is 19.7 Å². The number of benzene rings is 1. The lowest BCUT2D eigenvalue weighted by atomic mass is 9.94. The Morgan fingerprint density at radius 1 is 1.50 bits per heavy atom. The number of ether oxygens (including phenoxy) is 1. The van der Waals surface area contributed by atoms with Crippen LogP contribution in [-0.4, -0.2) is 29.4 Å². The summed E-state index contributed by atoms with van der Waals surface area (Å²) < 4.78 is 5.61. The summed E-state index contributed by atoms with van der Waals surface area (Å²) in [5.74, 6) is -0.940. The molecule has 1 aliphatic carbocycles. The van der Waals surface area contributed by atoms with Gasteiger partial charge < -0.3 is 14.9 Å². The van der Waals surface area contributed by atoms with Crippen molar-refractivity contribution >= 4 is 5.97 Å². The molecule has 0 saturated carbocycles. The van der Waals surface area contributed by atoms with Gasteiger partial charge in [0.25, 0.3) is 0 Å². The number of aliphatic hydroxyl groups is 1. The van der Waals surface area contributed by atoms with Crippen molar-refractivity contribution in [2.45, 2.75) is 31.8 Å². The number of fused-ring (bicyclic) bond motifs is 1. The van der Waals surface area contributed by atoms with Crippen LogP contribution in [0.4, 0.5) is 0 Å². The summed E-state index contributed by atoms with van der Waals surface area (Å²) in [4.78, 5) is 11.6. The number of carbonyl (C=O) groups is 1. The van der Waals surface area contributed by atoms with Crippen LogP contribution in [-0.2, 0) is 21.6 Å². The zero-order valence-electron chi connectivity index (χ0n) is 10.5. The van der Waals surface area contributed by atoms with Gasteiger partial charge in [-0.05, 0) is 37.3 Å². The van der Waals surface area contributed by atoms with Crippen LogP contribution in [0.2, 0.25) is 0 Å². The van der Waals surface area contributed by atoms with Crippen LogP contribution in [0.5, 0.6) is 0 Å². The molecule has 0 radical (unpaired) electrons. The fourth-order valence-electron chi connectivity index (χ4n) is 2.47. The minimum absolute atomic E-state index is 0.0103. The second-order valence-corrected chi connectivity index (χ2v) is 4.72. The fraction of sp³-hybridized carbons (Fsp3) is 0.500. The van der Waals surface area contributed by atoms with Gasteiger partial charge in [-0.3, -0.25) is 0 Å². The first kappa shape index (κ1) is 13.1.